The Balaban J connectivity index is 3.24. The maximum atomic E-state index is 12.3. The van der Waals surface area contributed by atoms with Crippen LogP contribution in [-0.4, -0.2) is 11.7 Å². The Morgan fingerprint density at radius 3 is 2.13 bits per heavy atom. The summed E-state index contributed by atoms with van der Waals surface area (Å²) >= 11 is 0. The fraction of sp³-hybridized carbons (Fsp3) is 0.250. The molecular formula is C8H9F5OS. The lowest BCUT2D eigenvalue weighted by Gasteiger charge is -2.40. The Labute approximate surface area is 83.3 Å². The van der Waals surface area contributed by atoms with Crippen LogP contribution >= 0.6 is 10.2 Å². The highest BCUT2D eigenvalue weighted by atomic mass is 32.5. The first-order chi connectivity index (χ1) is 6.53. The maximum Gasteiger partial charge on any atom is 0.310 e. The Hall–Kier alpha value is -0.820. The lowest BCUT2D eigenvalue weighted by atomic mass is 10.2. The molecule has 0 unspecified atom stereocenters. The number of hydrogen-bond donors (Lipinski definition) is 1. The van der Waals surface area contributed by atoms with Gasteiger partial charge in [-0.2, -0.15) is 0 Å². The van der Waals surface area contributed by atoms with Crippen LogP contribution in [0.25, 0.3) is 0 Å². The SMILES string of the molecule is OCCc1cccc(S(F)(F)(F)(F)F)c1. The first-order valence-corrected chi connectivity index (χ1v) is 5.92. The summed E-state index contributed by atoms with van der Waals surface area (Å²) in [4.78, 5) is -1.92. The third kappa shape index (κ3) is 3.35. The van der Waals surface area contributed by atoms with Gasteiger partial charge in [0.05, 0.1) is 0 Å². The van der Waals surface area contributed by atoms with Gasteiger partial charge in [-0.3, -0.25) is 0 Å². The Bertz CT molecular complexity index is 371. The summed E-state index contributed by atoms with van der Waals surface area (Å²) in [5.41, 5.74) is 0.0308. The van der Waals surface area contributed by atoms with Crippen molar-refractivity contribution in [3.05, 3.63) is 29.8 Å². The molecule has 0 bridgehead atoms. The molecule has 0 aliphatic carbocycles. The molecule has 7 heteroatoms. The van der Waals surface area contributed by atoms with E-state index in [1.807, 2.05) is 0 Å². The summed E-state index contributed by atoms with van der Waals surface area (Å²) in [6.45, 7) is -0.385. The van der Waals surface area contributed by atoms with Crippen molar-refractivity contribution in [2.75, 3.05) is 6.61 Å². The van der Waals surface area contributed by atoms with E-state index in [-0.39, 0.29) is 18.6 Å². The second kappa shape index (κ2) is 2.85. The zero-order valence-electron chi connectivity index (χ0n) is 7.47. The van der Waals surface area contributed by atoms with E-state index in [0.29, 0.717) is 12.1 Å². The fourth-order valence-electron chi connectivity index (χ4n) is 1.07. The van der Waals surface area contributed by atoms with E-state index in [2.05, 4.69) is 0 Å². The summed E-state index contributed by atoms with van der Waals surface area (Å²) in [6.07, 6.45) is -0.0817. The number of halogens is 5. The van der Waals surface area contributed by atoms with Crippen LogP contribution in [0.1, 0.15) is 5.56 Å². The zero-order chi connectivity index (χ0) is 11.8. The minimum Gasteiger partial charge on any atom is -0.396 e. The molecule has 1 nitrogen and oxygen atoms in total. The summed E-state index contributed by atoms with van der Waals surface area (Å²) in [5.74, 6) is 0. The van der Waals surface area contributed by atoms with Crippen LogP contribution in [0.4, 0.5) is 19.4 Å². The monoisotopic (exact) mass is 248 g/mol. The first kappa shape index (κ1) is 12.3. The Morgan fingerprint density at radius 1 is 1.07 bits per heavy atom. The minimum atomic E-state index is -9.58. The molecule has 0 radical (unpaired) electrons. The molecule has 1 rings (SSSR count). The summed E-state index contributed by atoms with van der Waals surface area (Å²) in [6, 6.07) is 2.86. The largest absolute Gasteiger partial charge is 0.396 e. The van der Waals surface area contributed by atoms with Crippen LogP contribution in [-0.2, 0) is 6.42 Å². The number of aliphatic hydroxyl groups is 1. The van der Waals surface area contributed by atoms with E-state index in [9.17, 15) is 19.4 Å². The number of benzene rings is 1. The van der Waals surface area contributed by atoms with E-state index in [0.717, 1.165) is 6.07 Å². The highest BCUT2D eigenvalue weighted by molar-refractivity contribution is 8.45. The van der Waals surface area contributed by atoms with E-state index < -0.39 is 15.1 Å². The molecule has 0 aliphatic heterocycles. The quantitative estimate of drug-likeness (QED) is 0.805. The van der Waals surface area contributed by atoms with Crippen molar-refractivity contribution in [1.29, 1.82) is 0 Å². The van der Waals surface area contributed by atoms with Gasteiger partial charge in [0, 0.05) is 6.61 Å². The van der Waals surface area contributed by atoms with Crippen LogP contribution < -0.4 is 0 Å². The molecule has 0 aliphatic rings. The van der Waals surface area contributed by atoms with Gasteiger partial charge in [-0.15, -0.1) is 0 Å². The van der Waals surface area contributed by atoms with Crippen molar-refractivity contribution < 1.29 is 24.5 Å². The summed E-state index contributed by atoms with van der Waals surface area (Å²) in [7, 11) is -9.58. The first-order valence-electron chi connectivity index (χ1n) is 3.97. The average Bonchev–Trinajstić information content (AvgIpc) is 2.01. The molecular weight excluding hydrogens is 239 g/mol. The van der Waals surface area contributed by atoms with Gasteiger partial charge in [0.25, 0.3) is 0 Å². The lowest BCUT2D eigenvalue weighted by molar-refractivity contribution is 0.299. The summed E-state index contributed by atoms with van der Waals surface area (Å²) in [5, 5.41) is 8.48. The number of rotatable bonds is 3. The Morgan fingerprint density at radius 2 is 1.67 bits per heavy atom. The fourth-order valence-corrected chi connectivity index (χ4v) is 1.78. The van der Waals surface area contributed by atoms with E-state index >= 15 is 0 Å². The molecule has 1 aromatic rings. The molecule has 0 amide bonds. The molecule has 0 atom stereocenters. The predicted molar refractivity (Wildman–Crippen MR) is 48.6 cm³/mol. The summed E-state index contributed by atoms with van der Waals surface area (Å²) < 4.78 is 61.5. The van der Waals surface area contributed by atoms with Gasteiger partial charge in [-0.25, -0.2) is 0 Å². The molecule has 0 saturated carbocycles. The van der Waals surface area contributed by atoms with Crippen LogP contribution in [0.3, 0.4) is 0 Å². The van der Waals surface area contributed by atoms with Gasteiger partial charge >= 0.3 is 10.2 Å². The third-order valence-corrected chi connectivity index (χ3v) is 2.89. The lowest BCUT2D eigenvalue weighted by Crippen LogP contribution is -2.06. The molecule has 1 aromatic carbocycles. The highest BCUT2D eigenvalue weighted by Gasteiger charge is 2.65. The van der Waals surface area contributed by atoms with Crippen LogP contribution in [0, 0.1) is 0 Å². The highest BCUT2D eigenvalue weighted by Crippen LogP contribution is 3.02. The third-order valence-electron chi connectivity index (χ3n) is 1.74. The topological polar surface area (TPSA) is 20.2 Å². The van der Waals surface area contributed by atoms with Crippen LogP contribution in [0.15, 0.2) is 29.2 Å². The van der Waals surface area contributed by atoms with Crippen molar-refractivity contribution in [2.24, 2.45) is 0 Å². The van der Waals surface area contributed by atoms with E-state index in [1.165, 1.54) is 6.07 Å². The predicted octanol–water partition coefficient (Wildman–Crippen LogP) is 3.88. The van der Waals surface area contributed by atoms with Gasteiger partial charge in [0.15, 0.2) is 0 Å². The minimum absolute atomic E-state index is 0.0308. The van der Waals surface area contributed by atoms with Crippen molar-refractivity contribution in [2.45, 2.75) is 11.3 Å². The molecule has 88 valence electrons. The van der Waals surface area contributed by atoms with Gasteiger partial charge < -0.3 is 5.11 Å². The van der Waals surface area contributed by atoms with Gasteiger partial charge in [-0.1, -0.05) is 31.6 Å². The van der Waals surface area contributed by atoms with Crippen LogP contribution in [0.2, 0.25) is 0 Å². The standard InChI is InChI=1S/C8H9F5OS/c9-15(10,11,12,13)8-3-1-2-7(6-8)4-5-14/h1-3,6,14H,4-5H2. The number of aliphatic hydroxyl groups excluding tert-OH is 1. The molecule has 0 aromatic heterocycles. The van der Waals surface area contributed by atoms with Crippen LogP contribution in [0.5, 0.6) is 0 Å². The molecule has 0 heterocycles. The average molecular weight is 248 g/mol. The number of hydrogen-bond acceptors (Lipinski definition) is 1. The Kier molecular flexibility index (Phi) is 2.33. The second-order valence-electron chi connectivity index (χ2n) is 3.09. The van der Waals surface area contributed by atoms with Gasteiger partial charge in [0.2, 0.25) is 0 Å². The van der Waals surface area contributed by atoms with Gasteiger partial charge in [0.1, 0.15) is 4.90 Å². The molecule has 0 fully saturated rings. The van der Waals surface area contributed by atoms with Crippen molar-refractivity contribution in [3.8, 4) is 0 Å². The molecule has 0 spiro atoms. The maximum absolute atomic E-state index is 12.3. The van der Waals surface area contributed by atoms with E-state index in [4.69, 9.17) is 5.11 Å². The normalized spacial score (nSPS) is 16.9. The smallest absolute Gasteiger partial charge is 0.310 e. The van der Waals surface area contributed by atoms with E-state index in [1.54, 1.807) is 0 Å². The van der Waals surface area contributed by atoms with Crippen molar-refractivity contribution >= 4 is 10.2 Å². The zero-order valence-corrected chi connectivity index (χ0v) is 8.29. The molecule has 15 heavy (non-hydrogen) atoms. The van der Waals surface area contributed by atoms with Crippen molar-refractivity contribution in [3.63, 3.8) is 0 Å². The molecule has 0 saturated heterocycles. The molecule has 1 N–H and O–H groups in total. The van der Waals surface area contributed by atoms with Gasteiger partial charge in [-0.05, 0) is 24.1 Å². The second-order valence-corrected chi connectivity index (χ2v) is 5.50. The van der Waals surface area contributed by atoms with Crippen molar-refractivity contribution in [1.82, 2.24) is 0 Å².